The van der Waals surface area contributed by atoms with E-state index in [9.17, 15) is 35.2 Å². The number of carbonyl (C=O) groups excluding carboxylic acids is 1. The van der Waals surface area contributed by atoms with Gasteiger partial charge in [-0.15, -0.1) is 0 Å². The predicted octanol–water partition coefficient (Wildman–Crippen LogP) is 3.54. The average molecular weight is 422 g/mol. The van der Waals surface area contributed by atoms with E-state index in [1.54, 1.807) is 0 Å². The van der Waals surface area contributed by atoms with Crippen LogP contribution in [0.3, 0.4) is 0 Å². The van der Waals surface area contributed by atoms with Crippen molar-refractivity contribution in [3.05, 3.63) is 59.7 Å². The van der Waals surface area contributed by atoms with Gasteiger partial charge in [-0.1, -0.05) is 12.1 Å². The van der Waals surface area contributed by atoms with Gasteiger partial charge in [-0.3, -0.25) is 4.79 Å². The van der Waals surface area contributed by atoms with Crippen molar-refractivity contribution in [2.45, 2.75) is 16.8 Å². The number of sulfone groups is 1. The third-order valence-electron chi connectivity index (χ3n) is 3.63. The highest BCUT2D eigenvalue weighted by Gasteiger charge is 2.30. The fourth-order valence-electron chi connectivity index (χ4n) is 2.24. The Bertz CT molecular complexity index is 929. The molecule has 2 aromatic carbocycles. The van der Waals surface area contributed by atoms with Crippen molar-refractivity contribution in [2.75, 3.05) is 18.4 Å². The largest absolute Gasteiger partial charge is 0.416 e. The number of alkyl halides is 5. The van der Waals surface area contributed by atoms with Crippen molar-refractivity contribution in [1.29, 1.82) is 0 Å². The van der Waals surface area contributed by atoms with Crippen LogP contribution in [0.4, 0.5) is 27.6 Å². The third kappa shape index (κ3) is 5.18. The SMILES string of the molecule is O=C(NCCNc1ccccc1S(=O)(=O)C(F)F)c1ccc(C(F)(F)F)cc1. The molecule has 0 radical (unpaired) electrons. The second-order valence-electron chi connectivity index (χ2n) is 5.56. The van der Waals surface area contributed by atoms with Gasteiger partial charge in [0.15, 0.2) is 0 Å². The monoisotopic (exact) mass is 422 g/mol. The summed E-state index contributed by atoms with van der Waals surface area (Å²) >= 11 is 0. The summed E-state index contributed by atoms with van der Waals surface area (Å²) in [5.74, 6) is -4.21. The van der Waals surface area contributed by atoms with Gasteiger partial charge in [0.25, 0.3) is 5.91 Å². The minimum atomic E-state index is -4.80. The zero-order valence-corrected chi connectivity index (χ0v) is 14.9. The maximum absolute atomic E-state index is 12.7. The topological polar surface area (TPSA) is 75.3 Å². The molecular formula is C17H15F5N2O3S. The van der Waals surface area contributed by atoms with Gasteiger partial charge in [0.1, 0.15) is 0 Å². The Morgan fingerprint density at radius 2 is 1.57 bits per heavy atom. The molecule has 5 nitrogen and oxygen atoms in total. The minimum Gasteiger partial charge on any atom is -0.382 e. The van der Waals surface area contributed by atoms with E-state index in [0.717, 1.165) is 30.3 Å². The predicted molar refractivity (Wildman–Crippen MR) is 91.9 cm³/mol. The van der Waals surface area contributed by atoms with Crippen LogP contribution in [-0.2, 0) is 16.0 Å². The standard InChI is InChI=1S/C17H15F5N2O3S/c18-16(19)28(26,27)14-4-2-1-3-13(14)23-9-10-24-15(25)11-5-7-12(8-6-11)17(20,21)22/h1-8,16,23H,9-10H2,(H,24,25). The maximum atomic E-state index is 12.7. The molecule has 0 aliphatic carbocycles. The number of anilines is 1. The number of hydrogen-bond donors (Lipinski definition) is 2. The molecule has 0 aromatic heterocycles. The molecule has 0 bridgehead atoms. The van der Waals surface area contributed by atoms with Gasteiger partial charge < -0.3 is 10.6 Å². The molecule has 0 saturated heterocycles. The van der Waals surface area contributed by atoms with E-state index in [-0.39, 0.29) is 24.3 Å². The Kier molecular flexibility index (Phi) is 6.60. The molecule has 0 saturated carbocycles. The number of carbonyl (C=O) groups is 1. The second kappa shape index (κ2) is 8.55. The third-order valence-corrected chi connectivity index (χ3v) is 5.07. The van der Waals surface area contributed by atoms with Crippen molar-refractivity contribution >= 4 is 21.4 Å². The molecule has 0 spiro atoms. The molecule has 0 aliphatic heterocycles. The molecule has 0 aliphatic rings. The summed E-state index contributed by atoms with van der Waals surface area (Å²) in [7, 11) is -4.80. The molecule has 11 heteroatoms. The number of amides is 1. The Balaban J connectivity index is 1.94. The van der Waals surface area contributed by atoms with Crippen LogP contribution >= 0.6 is 0 Å². The Morgan fingerprint density at radius 1 is 0.964 bits per heavy atom. The van der Waals surface area contributed by atoms with Crippen molar-refractivity contribution < 1.29 is 35.2 Å². The molecule has 0 heterocycles. The van der Waals surface area contributed by atoms with Crippen LogP contribution in [0.25, 0.3) is 0 Å². The lowest BCUT2D eigenvalue weighted by Gasteiger charge is -2.13. The van der Waals surface area contributed by atoms with Crippen LogP contribution in [-0.4, -0.2) is 33.2 Å². The van der Waals surface area contributed by atoms with Crippen LogP contribution in [0, 0.1) is 0 Å². The van der Waals surface area contributed by atoms with E-state index in [0.29, 0.717) is 0 Å². The van der Waals surface area contributed by atoms with Crippen LogP contribution in [0.5, 0.6) is 0 Å². The van der Waals surface area contributed by atoms with E-state index >= 15 is 0 Å². The summed E-state index contributed by atoms with van der Waals surface area (Å²) in [6.45, 7) is -0.0228. The summed E-state index contributed by atoms with van der Waals surface area (Å²) < 4.78 is 86.2. The number of nitrogens with one attached hydrogen (secondary N) is 2. The van der Waals surface area contributed by atoms with E-state index in [4.69, 9.17) is 0 Å². The number of para-hydroxylation sites is 1. The maximum Gasteiger partial charge on any atom is 0.416 e. The van der Waals surface area contributed by atoms with Crippen molar-refractivity contribution in [1.82, 2.24) is 5.32 Å². The van der Waals surface area contributed by atoms with Gasteiger partial charge in [0, 0.05) is 18.7 Å². The fraction of sp³-hybridized carbons (Fsp3) is 0.235. The molecule has 28 heavy (non-hydrogen) atoms. The van der Waals surface area contributed by atoms with Crippen LogP contribution in [0.1, 0.15) is 15.9 Å². The van der Waals surface area contributed by atoms with E-state index < -0.39 is 38.1 Å². The van der Waals surface area contributed by atoms with Gasteiger partial charge >= 0.3 is 11.9 Å². The van der Waals surface area contributed by atoms with Gasteiger partial charge in [0.2, 0.25) is 9.84 Å². The highest BCUT2D eigenvalue weighted by atomic mass is 32.2. The van der Waals surface area contributed by atoms with E-state index in [2.05, 4.69) is 10.6 Å². The number of benzene rings is 2. The first-order chi connectivity index (χ1) is 13.0. The first kappa shape index (κ1) is 21.6. The lowest BCUT2D eigenvalue weighted by atomic mass is 10.1. The van der Waals surface area contributed by atoms with Gasteiger partial charge in [0.05, 0.1) is 16.1 Å². The molecular weight excluding hydrogens is 407 g/mol. The normalized spacial score (nSPS) is 12.1. The molecule has 2 aromatic rings. The molecule has 1 amide bonds. The number of halogens is 5. The Hall–Kier alpha value is -2.69. The summed E-state index contributed by atoms with van der Waals surface area (Å²) in [4.78, 5) is 11.3. The van der Waals surface area contributed by atoms with Gasteiger partial charge in [-0.2, -0.15) is 22.0 Å². The van der Waals surface area contributed by atoms with E-state index in [1.165, 1.54) is 18.2 Å². The molecule has 2 rings (SSSR count). The Morgan fingerprint density at radius 3 is 2.14 bits per heavy atom. The van der Waals surface area contributed by atoms with Gasteiger partial charge in [-0.05, 0) is 36.4 Å². The molecule has 2 N–H and O–H groups in total. The lowest BCUT2D eigenvalue weighted by molar-refractivity contribution is -0.137. The lowest BCUT2D eigenvalue weighted by Crippen LogP contribution is -2.29. The highest BCUT2D eigenvalue weighted by molar-refractivity contribution is 7.91. The highest BCUT2D eigenvalue weighted by Crippen LogP contribution is 2.29. The van der Waals surface area contributed by atoms with Crippen molar-refractivity contribution in [3.63, 3.8) is 0 Å². The van der Waals surface area contributed by atoms with Crippen LogP contribution in [0.2, 0.25) is 0 Å². The zero-order chi connectivity index (χ0) is 20.9. The quantitative estimate of drug-likeness (QED) is 0.529. The molecule has 0 unspecified atom stereocenters. The smallest absolute Gasteiger partial charge is 0.382 e. The van der Waals surface area contributed by atoms with Gasteiger partial charge in [-0.25, -0.2) is 8.42 Å². The molecule has 0 atom stereocenters. The Labute approximate surface area is 157 Å². The molecule has 152 valence electrons. The first-order valence-electron chi connectivity index (χ1n) is 7.84. The minimum absolute atomic E-state index is 0.00213. The zero-order valence-electron chi connectivity index (χ0n) is 14.1. The van der Waals surface area contributed by atoms with Crippen molar-refractivity contribution in [3.8, 4) is 0 Å². The number of hydrogen-bond acceptors (Lipinski definition) is 4. The fourth-order valence-corrected chi connectivity index (χ4v) is 3.15. The molecule has 0 fully saturated rings. The number of rotatable bonds is 7. The first-order valence-corrected chi connectivity index (χ1v) is 9.38. The summed E-state index contributed by atoms with van der Waals surface area (Å²) in [5.41, 5.74) is -0.928. The van der Waals surface area contributed by atoms with Crippen molar-refractivity contribution in [2.24, 2.45) is 0 Å². The average Bonchev–Trinajstić information content (AvgIpc) is 2.64. The van der Waals surface area contributed by atoms with Crippen LogP contribution < -0.4 is 10.6 Å². The van der Waals surface area contributed by atoms with E-state index in [1.807, 2.05) is 0 Å². The summed E-state index contributed by atoms with van der Waals surface area (Å²) in [6.07, 6.45) is -4.51. The summed E-state index contributed by atoms with van der Waals surface area (Å²) in [5, 5.41) is 5.06. The second-order valence-corrected chi connectivity index (χ2v) is 7.45. The summed E-state index contributed by atoms with van der Waals surface area (Å²) in [6, 6.07) is 8.68. The van der Waals surface area contributed by atoms with Crippen LogP contribution in [0.15, 0.2) is 53.4 Å².